The van der Waals surface area contributed by atoms with E-state index >= 15 is 0 Å². The summed E-state index contributed by atoms with van der Waals surface area (Å²) >= 11 is 0. The lowest BCUT2D eigenvalue weighted by molar-refractivity contribution is 0.196. The second kappa shape index (κ2) is 7.90. The molecule has 0 saturated carbocycles. The Hall–Kier alpha value is -3.35. The maximum atomic E-state index is 12.3. The molecule has 0 spiro atoms. The van der Waals surface area contributed by atoms with Crippen LogP contribution in [0.3, 0.4) is 0 Å². The van der Waals surface area contributed by atoms with E-state index in [4.69, 9.17) is 18.6 Å². The SMILES string of the molecule is COc1ccc(CNC(=O)Oc2c(-c3ccco3)c(C)cn2C)cc1OC. The van der Waals surface area contributed by atoms with Gasteiger partial charge in [0.15, 0.2) is 11.5 Å². The third-order valence-electron chi connectivity index (χ3n) is 4.16. The zero-order valence-corrected chi connectivity index (χ0v) is 15.7. The van der Waals surface area contributed by atoms with Crippen LogP contribution in [0, 0.1) is 6.92 Å². The molecule has 0 radical (unpaired) electrons. The highest BCUT2D eigenvalue weighted by molar-refractivity contribution is 5.76. The van der Waals surface area contributed by atoms with Crippen molar-refractivity contribution in [3.8, 4) is 28.7 Å². The molecule has 0 aliphatic heterocycles. The minimum absolute atomic E-state index is 0.290. The van der Waals surface area contributed by atoms with Crippen molar-refractivity contribution in [1.82, 2.24) is 9.88 Å². The summed E-state index contributed by atoms with van der Waals surface area (Å²) in [5.74, 6) is 2.30. The van der Waals surface area contributed by atoms with Crippen LogP contribution in [0.2, 0.25) is 0 Å². The predicted octanol–water partition coefficient (Wildman–Crippen LogP) is 3.90. The number of aromatic nitrogens is 1. The standard InChI is InChI=1S/C20H22N2O5/c1-13-12-22(2)19(18(13)16-6-5-9-26-16)27-20(23)21-11-14-7-8-15(24-3)17(10-14)25-4/h5-10,12H,11H2,1-4H3,(H,21,23). The van der Waals surface area contributed by atoms with Crippen LogP contribution >= 0.6 is 0 Å². The van der Waals surface area contributed by atoms with Gasteiger partial charge in [0.05, 0.1) is 26.0 Å². The van der Waals surface area contributed by atoms with E-state index in [1.165, 1.54) is 0 Å². The van der Waals surface area contributed by atoms with Gasteiger partial charge in [0, 0.05) is 19.8 Å². The fraction of sp³-hybridized carbons (Fsp3) is 0.250. The second-order valence-corrected chi connectivity index (χ2v) is 6.01. The number of nitrogens with one attached hydrogen (secondary N) is 1. The predicted molar refractivity (Wildman–Crippen MR) is 100 cm³/mol. The fourth-order valence-corrected chi connectivity index (χ4v) is 2.89. The first-order valence-corrected chi connectivity index (χ1v) is 8.40. The van der Waals surface area contributed by atoms with E-state index in [-0.39, 0.29) is 0 Å². The number of nitrogens with zero attached hydrogens (tertiary/aromatic N) is 1. The van der Waals surface area contributed by atoms with Gasteiger partial charge in [-0.1, -0.05) is 6.07 Å². The van der Waals surface area contributed by atoms with Crippen LogP contribution in [0.1, 0.15) is 11.1 Å². The third-order valence-corrected chi connectivity index (χ3v) is 4.16. The lowest BCUT2D eigenvalue weighted by Gasteiger charge is -2.11. The van der Waals surface area contributed by atoms with Crippen molar-refractivity contribution < 1.29 is 23.4 Å². The maximum Gasteiger partial charge on any atom is 0.414 e. The number of hydrogen-bond acceptors (Lipinski definition) is 5. The van der Waals surface area contributed by atoms with E-state index < -0.39 is 6.09 Å². The number of aryl methyl sites for hydroxylation is 2. The topological polar surface area (TPSA) is 74.9 Å². The smallest absolute Gasteiger partial charge is 0.414 e. The van der Waals surface area contributed by atoms with Gasteiger partial charge >= 0.3 is 6.09 Å². The lowest BCUT2D eigenvalue weighted by Crippen LogP contribution is -2.27. The number of rotatable bonds is 6. The largest absolute Gasteiger partial charge is 0.493 e. The zero-order valence-electron chi connectivity index (χ0n) is 15.7. The minimum atomic E-state index is -0.557. The Balaban J connectivity index is 1.71. The Morgan fingerprint density at radius 1 is 1.19 bits per heavy atom. The van der Waals surface area contributed by atoms with Gasteiger partial charge in [0.2, 0.25) is 5.88 Å². The summed E-state index contributed by atoms with van der Waals surface area (Å²) in [7, 11) is 4.96. The van der Waals surface area contributed by atoms with Crippen LogP contribution in [0.25, 0.3) is 11.3 Å². The Morgan fingerprint density at radius 2 is 1.96 bits per heavy atom. The molecule has 3 rings (SSSR count). The number of methoxy groups -OCH3 is 2. The fourth-order valence-electron chi connectivity index (χ4n) is 2.89. The van der Waals surface area contributed by atoms with E-state index in [1.54, 1.807) is 43.2 Å². The second-order valence-electron chi connectivity index (χ2n) is 6.01. The van der Waals surface area contributed by atoms with Crippen molar-refractivity contribution in [3.05, 3.63) is 53.9 Å². The first kappa shape index (κ1) is 18.4. The molecular weight excluding hydrogens is 348 g/mol. The molecule has 2 aromatic heterocycles. The summed E-state index contributed by atoms with van der Waals surface area (Å²) in [6.07, 6.45) is 2.91. The lowest BCUT2D eigenvalue weighted by atomic mass is 10.1. The Labute approximate surface area is 157 Å². The molecule has 0 unspecified atom stereocenters. The highest BCUT2D eigenvalue weighted by Gasteiger charge is 2.19. The van der Waals surface area contributed by atoms with Crippen molar-refractivity contribution in [2.75, 3.05) is 14.2 Å². The zero-order chi connectivity index (χ0) is 19.4. The molecule has 0 aliphatic rings. The first-order valence-electron chi connectivity index (χ1n) is 8.40. The third kappa shape index (κ3) is 3.92. The van der Waals surface area contributed by atoms with Crippen LogP contribution in [0.5, 0.6) is 17.4 Å². The molecule has 142 valence electrons. The molecule has 0 saturated heterocycles. The highest BCUT2D eigenvalue weighted by atomic mass is 16.6. The van der Waals surface area contributed by atoms with Crippen molar-refractivity contribution >= 4 is 6.09 Å². The average molecular weight is 370 g/mol. The minimum Gasteiger partial charge on any atom is -0.493 e. The molecule has 27 heavy (non-hydrogen) atoms. The molecule has 2 heterocycles. The Kier molecular flexibility index (Phi) is 5.40. The van der Waals surface area contributed by atoms with Gasteiger partial charge in [-0.15, -0.1) is 0 Å². The number of furan rings is 1. The van der Waals surface area contributed by atoms with E-state index in [0.717, 1.165) is 16.7 Å². The van der Waals surface area contributed by atoms with E-state index in [1.807, 2.05) is 32.3 Å². The molecular formula is C20H22N2O5. The summed E-state index contributed by atoms with van der Waals surface area (Å²) in [5, 5.41) is 2.74. The van der Waals surface area contributed by atoms with Crippen LogP contribution < -0.4 is 19.5 Å². The van der Waals surface area contributed by atoms with Gasteiger partial charge in [0.25, 0.3) is 0 Å². The molecule has 7 nitrogen and oxygen atoms in total. The molecule has 1 N–H and O–H groups in total. The van der Waals surface area contributed by atoms with Crippen LogP contribution in [0.4, 0.5) is 4.79 Å². The molecule has 3 aromatic rings. The molecule has 0 aliphatic carbocycles. The number of carbonyl (C=O) groups excluding carboxylic acids is 1. The van der Waals surface area contributed by atoms with Gasteiger partial charge in [0.1, 0.15) is 5.76 Å². The Morgan fingerprint density at radius 3 is 2.63 bits per heavy atom. The summed E-state index contributed by atoms with van der Waals surface area (Å²) < 4.78 is 23.2. The quantitative estimate of drug-likeness (QED) is 0.712. The number of benzene rings is 1. The maximum absolute atomic E-state index is 12.3. The van der Waals surface area contributed by atoms with Crippen molar-refractivity contribution in [2.24, 2.45) is 7.05 Å². The summed E-state index contributed by atoms with van der Waals surface area (Å²) in [6, 6.07) is 9.07. The number of ether oxygens (including phenoxy) is 3. The van der Waals surface area contributed by atoms with Crippen LogP contribution in [-0.2, 0) is 13.6 Å². The van der Waals surface area contributed by atoms with E-state index in [2.05, 4.69) is 5.32 Å². The van der Waals surface area contributed by atoms with Gasteiger partial charge in [-0.3, -0.25) is 0 Å². The van der Waals surface area contributed by atoms with Crippen molar-refractivity contribution in [2.45, 2.75) is 13.5 Å². The highest BCUT2D eigenvalue weighted by Crippen LogP contribution is 2.35. The summed E-state index contributed by atoms with van der Waals surface area (Å²) in [6.45, 7) is 2.23. The first-order chi connectivity index (χ1) is 13.0. The number of amides is 1. The molecule has 1 aromatic carbocycles. The summed E-state index contributed by atoms with van der Waals surface area (Å²) in [4.78, 5) is 12.3. The normalized spacial score (nSPS) is 10.5. The van der Waals surface area contributed by atoms with Gasteiger partial charge in [-0.25, -0.2) is 4.79 Å². The van der Waals surface area contributed by atoms with Gasteiger partial charge < -0.3 is 28.5 Å². The molecule has 0 atom stereocenters. The number of hydrogen-bond donors (Lipinski definition) is 1. The molecule has 1 amide bonds. The summed E-state index contributed by atoms with van der Waals surface area (Å²) in [5.41, 5.74) is 2.57. The van der Waals surface area contributed by atoms with Gasteiger partial charge in [-0.05, 0) is 42.3 Å². The van der Waals surface area contributed by atoms with Crippen molar-refractivity contribution in [3.63, 3.8) is 0 Å². The van der Waals surface area contributed by atoms with E-state index in [9.17, 15) is 4.79 Å². The van der Waals surface area contributed by atoms with Crippen molar-refractivity contribution in [1.29, 1.82) is 0 Å². The van der Waals surface area contributed by atoms with Gasteiger partial charge in [-0.2, -0.15) is 0 Å². The molecule has 0 fully saturated rings. The monoisotopic (exact) mass is 370 g/mol. The number of carbonyl (C=O) groups is 1. The van der Waals surface area contributed by atoms with Crippen LogP contribution in [-0.4, -0.2) is 24.9 Å². The van der Waals surface area contributed by atoms with Crippen LogP contribution in [0.15, 0.2) is 47.2 Å². The average Bonchev–Trinajstić information content (AvgIpc) is 3.27. The molecule has 7 heteroatoms. The van der Waals surface area contributed by atoms with E-state index in [0.29, 0.717) is 29.7 Å². The Bertz CT molecular complexity index is 928. The molecule has 0 bridgehead atoms.